The molecule has 2 aromatic rings. The molecule has 94 valence electrons. The summed E-state index contributed by atoms with van der Waals surface area (Å²) in [6.45, 7) is 2.95. The van der Waals surface area contributed by atoms with Gasteiger partial charge in [0.1, 0.15) is 5.01 Å². The number of hydrogen-bond acceptors (Lipinski definition) is 4. The van der Waals surface area contributed by atoms with Gasteiger partial charge < -0.3 is 5.32 Å². The molecule has 1 aromatic heterocycles. The van der Waals surface area contributed by atoms with Gasteiger partial charge >= 0.3 is 0 Å². The van der Waals surface area contributed by atoms with Crippen molar-refractivity contribution in [2.75, 3.05) is 11.9 Å². The number of nitrogens with one attached hydrogen (secondary N) is 1. The first-order valence-corrected chi connectivity index (χ1v) is 7.36. The van der Waals surface area contributed by atoms with Gasteiger partial charge in [0.2, 0.25) is 5.13 Å². The molecule has 0 radical (unpaired) electrons. The summed E-state index contributed by atoms with van der Waals surface area (Å²) in [4.78, 5) is 0. The lowest BCUT2D eigenvalue weighted by atomic mass is 9.80. The molecule has 0 unspecified atom stereocenters. The van der Waals surface area contributed by atoms with Crippen molar-refractivity contribution in [1.29, 1.82) is 0 Å². The predicted molar refractivity (Wildman–Crippen MR) is 76.1 cm³/mol. The molecular formula is C14H17N3S. The molecule has 4 heteroatoms. The van der Waals surface area contributed by atoms with E-state index < -0.39 is 0 Å². The molecule has 1 heterocycles. The summed E-state index contributed by atoms with van der Waals surface area (Å²) in [6, 6.07) is 8.83. The van der Waals surface area contributed by atoms with Gasteiger partial charge in [-0.25, -0.2) is 0 Å². The fraction of sp³-hybridized carbons (Fsp3) is 0.429. The van der Waals surface area contributed by atoms with E-state index in [1.807, 2.05) is 0 Å². The van der Waals surface area contributed by atoms with E-state index in [0.717, 1.165) is 22.6 Å². The van der Waals surface area contributed by atoms with Gasteiger partial charge in [0.15, 0.2) is 0 Å². The van der Waals surface area contributed by atoms with E-state index in [1.165, 1.54) is 30.4 Å². The molecule has 1 fully saturated rings. The summed E-state index contributed by atoms with van der Waals surface area (Å²) in [5, 5.41) is 13.4. The number of nitrogens with zero attached hydrogens (tertiary/aromatic N) is 2. The summed E-state index contributed by atoms with van der Waals surface area (Å²) in [7, 11) is 0. The summed E-state index contributed by atoms with van der Waals surface area (Å²) in [5.74, 6) is 0.797. The largest absolute Gasteiger partial charge is 0.360 e. The van der Waals surface area contributed by atoms with Crippen molar-refractivity contribution in [3.8, 4) is 10.6 Å². The van der Waals surface area contributed by atoms with E-state index in [-0.39, 0.29) is 0 Å². The van der Waals surface area contributed by atoms with E-state index in [9.17, 15) is 0 Å². The highest BCUT2D eigenvalue weighted by atomic mass is 32.1. The summed E-state index contributed by atoms with van der Waals surface area (Å²) in [5.41, 5.74) is 2.64. The lowest BCUT2D eigenvalue weighted by molar-refractivity contribution is 0.420. The molecule has 3 nitrogen and oxygen atoms in total. The minimum Gasteiger partial charge on any atom is -0.360 e. The fourth-order valence-corrected chi connectivity index (χ4v) is 3.02. The van der Waals surface area contributed by atoms with Crippen LogP contribution in [-0.2, 0) is 0 Å². The Morgan fingerprint density at radius 2 is 2.00 bits per heavy atom. The van der Waals surface area contributed by atoms with Gasteiger partial charge in [-0.1, -0.05) is 42.0 Å². The molecular weight excluding hydrogens is 242 g/mol. The number of rotatable bonds is 4. The van der Waals surface area contributed by atoms with Gasteiger partial charge in [0, 0.05) is 12.1 Å². The zero-order valence-corrected chi connectivity index (χ0v) is 11.3. The quantitative estimate of drug-likeness (QED) is 0.904. The molecule has 18 heavy (non-hydrogen) atoms. The third-order valence-electron chi connectivity index (χ3n) is 3.49. The number of anilines is 1. The van der Waals surface area contributed by atoms with Gasteiger partial charge in [-0.3, -0.25) is 0 Å². The maximum atomic E-state index is 4.22. The number of aromatic nitrogens is 2. The van der Waals surface area contributed by atoms with Crippen molar-refractivity contribution in [3.05, 3.63) is 29.8 Å². The van der Waals surface area contributed by atoms with Crippen molar-refractivity contribution >= 4 is 16.5 Å². The van der Waals surface area contributed by atoms with Crippen LogP contribution in [0.15, 0.2) is 24.3 Å². The van der Waals surface area contributed by atoms with Gasteiger partial charge in [-0.2, -0.15) is 0 Å². The minimum atomic E-state index is 0.797. The van der Waals surface area contributed by atoms with Crippen molar-refractivity contribution < 1.29 is 0 Å². The first-order chi connectivity index (χ1) is 8.86. The zero-order valence-electron chi connectivity index (χ0n) is 10.5. The van der Waals surface area contributed by atoms with E-state index in [0.29, 0.717) is 0 Å². The maximum Gasteiger partial charge on any atom is 0.205 e. The molecule has 0 atom stereocenters. The Labute approximate surface area is 111 Å². The second-order valence-electron chi connectivity index (χ2n) is 4.69. The smallest absolute Gasteiger partial charge is 0.205 e. The standard InChI is InChI=1S/C14H17N3S/c1-2-15-14-17-16-13(18-14)12-8-6-11(7-9-12)10-4-3-5-10/h6-10H,2-5H2,1H3,(H,15,17). The van der Waals surface area contributed by atoms with Crippen LogP contribution in [0, 0.1) is 0 Å². The molecule has 1 saturated carbocycles. The Morgan fingerprint density at radius 1 is 1.22 bits per heavy atom. The van der Waals surface area contributed by atoms with E-state index in [2.05, 4.69) is 46.7 Å². The second kappa shape index (κ2) is 5.06. The Balaban J connectivity index is 1.78. The average Bonchev–Trinajstić information content (AvgIpc) is 2.77. The predicted octanol–water partition coefficient (Wildman–Crippen LogP) is 3.90. The van der Waals surface area contributed by atoms with E-state index in [1.54, 1.807) is 11.3 Å². The normalized spacial score (nSPS) is 15.4. The van der Waals surface area contributed by atoms with Gasteiger partial charge in [-0.15, -0.1) is 10.2 Å². The lowest BCUT2D eigenvalue weighted by Crippen LogP contribution is -2.08. The first kappa shape index (κ1) is 11.7. The molecule has 0 bridgehead atoms. The van der Waals surface area contributed by atoms with Crippen molar-refractivity contribution in [1.82, 2.24) is 10.2 Å². The molecule has 1 aliphatic carbocycles. The topological polar surface area (TPSA) is 37.8 Å². The maximum absolute atomic E-state index is 4.22. The third-order valence-corrected chi connectivity index (χ3v) is 4.42. The summed E-state index contributed by atoms with van der Waals surface area (Å²) >= 11 is 1.61. The van der Waals surface area contributed by atoms with Crippen LogP contribution in [0.4, 0.5) is 5.13 Å². The summed E-state index contributed by atoms with van der Waals surface area (Å²) in [6.07, 6.45) is 4.08. The molecule has 0 aliphatic heterocycles. The highest BCUT2D eigenvalue weighted by Gasteiger charge is 2.19. The monoisotopic (exact) mass is 259 g/mol. The summed E-state index contributed by atoms with van der Waals surface area (Å²) < 4.78 is 0. The first-order valence-electron chi connectivity index (χ1n) is 6.54. The Morgan fingerprint density at radius 3 is 2.61 bits per heavy atom. The highest BCUT2D eigenvalue weighted by Crippen LogP contribution is 2.37. The molecule has 1 N–H and O–H groups in total. The van der Waals surface area contributed by atoms with Crippen molar-refractivity contribution in [2.24, 2.45) is 0 Å². The Bertz CT molecular complexity index is 514. The average molecular weight is 259 g/mol. The van der Waals surface area contributed by atoms with Crippen LogP contribution < -0.4 is 5.32 Å². The molecule has 0 amide bonds. The SMILES string of the molecule is CCNc1nnc(-c2ccc(C3CCC3)cc2)s1. The van der Waals surface area contributed by atoms with Gasteiger partial charge in [-0.05, 0) is 31.2 Å². The van der Waals surface area contributed by atoms with Crippen LogP contribution in [0.1, 0.15) is 37.7 Å². The molecule has 0 saturated heterocycles. The molecule has 1 aromatic carbocycles. The van der Waals surface area contributed by atoms with Gasteiger partial charge in [0.25, 0.3) is 0 Å². The van der Waals surface area contributed by atoms with Crippen LogP contribution in [-0.4, -0.2) is 16.7 Å². The minimum absolute atomic E-state index is 0.797. The van der Waals surface area contributed by atoms with E-state index >= 15 is 0 Å². The highest BCUT2D eigenvalue weighted by molar-refractivity contribution is 7.18. The third kappa shape index (κ3) is 2.25. The molecule has 0 spiro atoms. The Hall–Kier alpha value is -1.42. The van der Waals surface area contributed by atoms with Gasteiger partial charge in [0.05, 0.1) is 0 Å². The zero-order chi connectivity index (χ0) is 12.4. The van der Waals surface area contributed by atoms with Crippen molar-refractivity contribution in [3.63, 3.8) is 0 Å². The number of benzene rings is 1. The van der Waals surface area contributed by atoms with Crippen molar-refractivity contribution in [2.45, 2.75) is 32.1 Å². The fourth-order valence-electron chi connectivity index (χ4n) is 2.20. The Kier molecular flexibility index (Phi) is 3.28. The van der Waals surface area contributed by atoms with Crippen LogP contribution in [0.2, 0.25) is 0 Å². The second-order valence-corrected chi connectivity index (χ2v) is 5.67. The van der Waals surface area contributed by atoms with Crippen LogP contribution in [0.3, 0.4) is 0 Å². The van der Waals surface area contributed by atoms with Crippen LogP contribution in [0.25, 0.3) is 10.6 Å². The number of hydrogen-bond donors (Lipinski definition) is 1. The van der Waals surface area contributed by atoms with Crippen LogP contribution >= 0.6 is 11.3 Å². The lowest BCUT2D eigenvalue weighted by Gasteiger charge is -2.25. The van der Waals surface area contributed by atoms with E-state index in [4.69, 9.17) is 0 Å². The molecule has 3 rings (SSSR count). The molecule has 1 aliphatic rings. The van der Waals surface area contributed by atoms with Crippen LogP contribution in [0.5, 0.6) is 0 Å².